The number of hydrogen-bond acceptors (Lipinski definition) is 11. The van der Waals surface area contributed by atoms with Crippen molar-refractivity contribution in [3.63, 3.8) is 0 Å². The van der Waals surface area contributed by atoms with Gasteiger partial charge < -0.3 is 24.8 Å². The number of halogens is 1. The van der Waals surface area contributed by atoms with Crippen LogP contribution in [0, 0.1) is 6.08 Å². The number of nitrogens with zero attached hydrogens (tertiary/aromatic N) is 4. The van der Waals surface area contributed by atoms with Gasteiger partial charge in [0.15, 0.2) is 17.0 Å². The molecule has 13 nitrogen and oxygen atoms in total. The highest BCUT2D eigenvalue weighted by Crippen LogP contribution is 2.48. The molecule has 3 heterocycles. The van der Waals surface area contributed by atoms with E-state index >= 15 is 0 Å². The molecule has 5 rings (SSSR count). The number of benzene rings is 2. The molecule has 0 amide bonds. The van der Waals surface area contributed by atoms with Crippen LogP contribution in [0.25, 0.3) is 11.2 Å². The Morgan fingerprint density at radius 3 is 2.27 bits per heavy atom. The molecule has 1 unspecified atom stereocenters. The zero-order valence-electron chi connectivity index (χ0n) is 32.0. The Hall–Kier alpha value is -3.94. The van der Waals surface area contributed by atoms with Gasteiger partial charge in [-0.1, -0.05) is 126 Å². The Bertz CT molecular complexity index is 1820. The summed E-state index contributed by atoms with van der Waals surface area (Å²) in [7, 11) is -4.36. The molecule has 4 N–H and O–H groups in total. The van der Waals surface area contributed by atoms with E-state index in [0.717, 1.165) is 31.2 Å². The molecule has 2 aromatic carbocycles. The highest BCUT2D eigenvalue weighted by Gasteiger charge is 2.48. The number of aliphatic hydroxyl groups is 1. The van der Waals surface area contributed by atoms with Gasteiger partial charge in [0.2, 0.25) is 0 Å². The minimum atomic E-state index is -4.36. The lowest BCUT2D eigenvalue weighted by Gasteiger charge is -2.31. The fraction of sp³-hybridized carbons (Fsp3) is 0.550. The minimum Gasteiger partial charge on any atom is -0.465 e. The normalized spacial score (nSPS) is 20.0. The molecule has 15 heteroatoms. The van der Waals surface area contributed by atoms with Crippen LogP contribution in [0.1, 0.15) is 109 Å². The standard InChI is InChI=1S/C40H56FN6O7P/c1-3-4-5-6-7-8-9-10-11-12-13-20-25-51-38(49)32(26-30-21-16-14-17-22-30)46-55(50,54-31-23-18-15-19-24-31)52-28-40(2)33(48)27-34(53-40)47-29-43-35-36(42)44-39(41)45-37(35)47/h14-19,21-24,29,32-34,48H,3-13,20,25-28H2,1-2H3,(H,46,50)(H2,42,44,45)/t32-,33-,34+,40+,55?/m0/s1. The Morgan fingerprint density at radius 2 is 1.62 bits per heavy atom. The van der Waals surface area contributed by atoms with E-state index in [4.69, 9.17) is 24.3 Å². The second-order valence-corrected chi connectivity index (χ2v) is 16.1. The van der Waals surface area contributed by atoms with Gasteiger partial charge in [0, 0.05) is 6.42 Å². The summed E-state index contributed by atoms with van der Waals surface area (Å²) >= 11 is 0. The number of hydrogen-bond donors (Lipinski definition) is 3. The maximum absolute atomic E-state index is 14.7. The topological polar surface area (TPSA) is 173 Å². The van der Waals surface area contributed by atoms with E-state index in [1.807, 2.05) is 30.3 Å². The summed E-state index contributed by atoms with van der Waals surface area (Å²) < 4.78 is 54.1. The molecule has 5 atom stereocenters. The number of ether oxygens (including phenoxy) is 2. The molecule has 0 bridgehead atoms. The Labute approximate surface area is 323 Å². The van der Waals surface area contributed by atoms with Crippen LogP contribution in [-0.2, 0) is 29.8 Å². The van der Waals surface area contributed by atoms with Crippen molar-refractivity contribution < 1.29 is 37.4 Å². The zero-order chi connectivity index (χ0) is 39.1. The number of imidazole rings is 1. The molecule has 0 spiro atoms. The van der Waals surface area contributed by atoms with Crippen LogP contribution in [0.15, 0.2) is 67.0 Å². The molecule has 55 heavy (non-hydrogen) atoms. The number of aliphatic hydroxyl groups excluding tert-OH is 1. The van der Waals surface area contributed by atoms with Crippen molar-refractivity contribution in [3.8, 4) is 5.75 Å². The third-order valence-electron chi connectivity index (χ3n) is 9.88. The second-order valence-electron chi connectivity index (χ2n) is 14.4. The van der Waals surface area contributed by atoms with Gasteiger partial charge in [0.05, 0.1) is 25.6 Å². The van der Waals surface area contributed by atoms with Crippen molar-refractivity contribution in [2.45, 2.75) is 128 Å². The Balaban J connectivity index is 1.21. The third-order valence-corrected chi connectivity index (χ3v) is 11.4. The zero-order valence-corrected chi connectivity index (χ0v) is 32.9. The van der Waals surface area contributed by atoms with E-state index in [-0.39, 0.29) is 42.2 Å². The van der Waals surface area contributed by atoms with Crippen molar-refractivity contribution in [3.05, 3.63) is 78.6 Å². The van der Waals surface area contributed by atoms with E-state index < -0.39 is 50.4 Å². The summed E-state index contributed by atoms with van der Waals surface area (Å²) in [6.07, 6.45) is 12.9. The Kier molecular flexibility index (Phi) is 16.0. The predicted octanol–water partition coefficient (Wildman–Crippen LogP) is 8.24. The fourth-order valence-corrected chi connectivity index (χ4v) is 8.25. The quantitative estimate of drug-likeness (QED) is 0.0269. The summed E-state index contributed by atoms with van der Waals surface area (Å²) in [6, 6.07) is 16.7. The van der Waals surface area contributed by atoms with Crippen molar-refractivity contribution in [2.75, 3.05) is 18.9 Å². The molecule has 1 saturated heterocycles. The van der Waals surface area contributed by atoms with E-state index in [9.17, 15) is 18.9 Å². The van der Waals surface area contributed by atoms with E-state index in [2.05, 4.69) is 27.0 Å². The van der Waals surface area contributed by atoms with Gasteiger partial charge >= 0.3 is 19.8 Å². The average Bonchev–Trinajstić information content (AvgIpc) is 3.73. The van der Waals surface area contributed by atoms with Gasteiger partial charge in [-0.2, -0.15) is 19.4 Å². The number of rotatable bonds is 24. The van der Waals surface area contributed by atoms with Crippen molar-refractivity contribution in [2.24, 2.45) is 0 Å². The van der Waals surface area contributed by atoms with Crippen LogP contribution in [0.2, 0.25) is 0 Å². The molecule has 1 aliphatic heterocycles. The van der Waals surface area contributed by atoms with Gasteiger partial charge in [0.25, 0.3) is 0 Å². The van der Waals surface area contributed by atoms with Gasteiger partial charge in [-0.25, -0.2) is 9.55 Å². The van der Waals surface area contributed by atoms with Crippen molar-refractivity contribution in [1.29, 1.82) is 0 Å². The SMILES string of the molecule is CCCCCCCCCCCCCCOC(=O)[C@H](Cc1ccccc1)NP(=O)(OC[C@@]1(C)O[C@@H](n2cnc3c(N)nc(F)nc32)C[C@@H]1O)Oc1ccccc1. The first-order chi connectivity index (χ1) is 26.6. The highest BCUT2D eigenvalue weighted by atomic mass is 31.2. The van der Waals surface area contributed by atoms with Crippen LogP contribution in [0.5, 0.6) is 5.75 Å². The molecule has 0 aliphatic carbocycles. The smallest absolute Gasteiger partial charge is 0.459 e. The first-order valence-corrected chi connectivity index (χ1v) is 21.1. The molecule has 1 aliphatic rings. The van der Waals surface area contributed by atoms with Crippen molar-refractivity contribution >= 4 is 30.7 Å². The summed E-state index contributed by atoms with van der Waals surface area (Å²) in [4.78, 5) is 25.2. The summed E-state index contributed by atoms with van der Waals surface area (Å²) in [5.41, 5.74) is 5.51. The lowest BCUT2D eigenvalue weighted by atomic mass is 10.0. The summed E-state index contributed by atoms with van der Waals surface area (Å²) in [5, 5.41) is 14.1. The van der Waals surface area contributed by atoms with Gasteiger partial charge in [-0.3, -0.25) is 13.9 Å². The monoisotopic (exact) mass is 782 g/mol. The van der Waals surface area contributed by atoms with E-state index in [0.29, 0.717) is 0 Å². The largest absolute Gasteiger partial charge is 0.465 e. The summed E-state index contributed by atoms with van der Waals surface area (Å²) in [5.74, 6) is -0.480. The number of fused-ring (bicyclic) bond motifs is 1. The van der Waals surface area contributed by atoms with Gasteiger partial charge in [0.1, 0.15) is 23.6 Å². The first kappa shape index (κ1) is 42.2. The number of carbonyl (C=O) groups excluding carboxylic acids is 1. The number of nitrogens with two attached hydrogens (primary N) is 1. The number of nitrogens with one attached hydrogen (secondary N) is 1. The Morgan fingerprint density at radius 1 is 1.00 bits per heavy atom. The van der Waals surface area contributed by atoms with E-state index in [1.165, 1.54) is 62.3 Å². The second kappa shape index (κ2) is 20.8. The maximum atomic E-state index is 14.7. The van der Waals surface area contributed by atoms with Crippen LogP contribution in [0.4, 0.5) is 10.2 Å². The molecule has 1 fully saturated rings. The number of esters is 1. The average molecular weight is 783 g/mol. The van der Waals surface area contributed by atoms with Crippen molar-refractivity contribution in [1.82, 2.24) is 24.6 Å². The predicted molar refractivity (Wildman–Crippen MR) is 209 cm³/mol. The van der Waals surface area contributed by atoms with Crippen LogP contribution < -0.4 is 15.3 Å². The van der Waals surface area contributed by atoms with Gasteiger partial charge in [-0.05, 0) is 37.5 Å². The number of carbonyl (C=O) groups is 1. The molecule has 0 saturated carbocycles. The number of aromatic nitrogens is 4. The van der Waals surface area contributed by atoms with Crippen LogP contribution in [-0.4, -0.2) is 61.6 Å². The van der Waals surface area contributed by atoms with E-state index in [1.54, 1.807) is 37.3 Å². The lowest BCUT2D eigenvalue weighted by molar-refractivity contribution is -0.146. The maximum Gasteiger partial charge on any atom is 0.459 e. The third kappa shape index (κ3) is 12.5. The molecule has 0 radical (unpaired) electrons. The summed E-state index contributed by atoms with van der Waals surface area (Å²) in [6.45, 7) is 3.65. The number of para-hydroxylation sites is 1. The molecular formula is C40H56FN6O7P. The fourth-order valence-electron chi connectivity index (χ4n) is 6.66. The van der Waals surface area contributed by atoms with Gasteiger partial charge in [-0.15, -0.1) is 0 Å². The highest BCUT2D eigenvalue weighted by molar-refractivity contribution is 7.52. The number of unbranched alkanes of at least 4 members (excludes halogenated alkanes) is 11. The van der Waals surface area contributed by atoms with Crippen LogP contribution in [0.3, 0.4) is 0 Å². The molecule has 4 aromatic rings. The lowest BCUT2D eigenvalue weighted by Crippen LogP contribution is -2.43. The minimum absolute atomic E-state index is 0.0518. The molecule has 2 aromatic heterocycles. The molecule has 300 valence electrons. The van der Waals surface area contributed by atoms with Crippen LogP contribution >= 0.6 is 7.75 Å². The first-order valence-electron chi connectivity index (χ1n) is 19.6. The molecular weight excluding hydrogens is 726 g/mol. The number of nitrogen functional groups attached to an aromatic ring is 1. The number of anilines is 1.